The minimum Gasteiger partial charge on any atom is -0.481 e. The quantitative estimate of drug-likeness (QED) is 0.701. The summed E-state index contributed by atoms with van der Waals surface area (Å²) >= 11 is 0. The molecule has 1 amide bonds. The summed E-state index contributed by atoms with van der Waals surface area (Å²) in [7, 11) is 0. The number of rotatable bonds is 6. The van der Waals surface area contributed by atoms with Crippen LogP contribution in [0.2, 0.25) is 0 Å². The van der Waals surface area contributed by atoms with E-state index < -0.39 is 16.8 Å². The SMILES string of the molecule is CCC(C)(CNC(=O)C(C)(C)c1ccc(N)cc1)C(=O)O. The number of amides is 1. The minimum atomic E-state index is -0.952. The number of carbonyl (C=O) groups is 2. The Hall–Kier alpha value is -2.04. The molecule has 1 aromatic rings. The van der Waals surface area contributed by atoms with Gasteiger partial charge in [0, 0.05) is 12.2 Å². The van der Waals surface area contributed by atoms with Crippen molar-refractivity contribution in [2.24, 2.45) is 5.41 Å². The fourth-order valence-electron chi connectivity index (χ4n) is 1.88. The molecule has 21 heavy (non-hydrogen) atoms. The molecule has 0 aliphatic carbocycles. The highest BCUT2D eigenvalue weighted by atomic mass is 16.4. The van der Waals surface area contributed by atoms with Gasteiger partial charge in [0.2, 0.25) is 5.91 Å². The van der Waals surface area contributed by atoms with Gasteiger partial charge < -0.3 is 16.2 Å². The second-order valence-corrected chi connectivity index (χ2v) is 6.15. The highest BCUT2D eigenvalue weighted by Crippen LogP contribution is 2.25. The summed E-state index contributed by atoms with van der Waals surface area (Å²) in [4.78, 5) is 23.7. The third-order valence-electron chi connectivity index (χ3n) is 4.14. The van der Waals surface area contributed by atoms with Crippen molar-refractivity contribution in [2.75, 3.05) is 12.3 Å². The number of carbonyl (C=O) groups excluding carboxylic acids is 1. The number of hydrogen-bond acceptors (Lipinski definition) is 3. The molecule has 116 valence electrons. The van der Waals surface area contributed by atoms with Crippen LogP contribution < -0.4 is 11.1 Å². The average Bonchev–Trinajstić information content (AvgIpc) is 2.44. The molecule has 5 nitrogen and oxygen atoms in total. The maximum Gasteiger partial charge on any atom is 0.311 e. The summed E-state index contributed by atoms with van der Waals surface area (Å²) in [6.45, 7) is 7.14. The Kier molecular flexibility index (Phi) is 4.99. The van der Waals surface area contributed by atoms with Crippen LogP contribution in [0.15, 0.2) is 24.3 Å². The molecule has 1 rings (SSSR count). The number of nitrogens with one attached hydrogen (secondary N) is 1. The second kappa shape index (κ2) is 6.16. The standard InChI is InChI=1S/C16H24N2O3/c1-5-16(4,14(20)21)10-18-13(19)15(2,3)11-6-8-12(17)9-7-11/h6-9H,5,10,17H2,1-4H3,(H,18,19)(H,20,21). The van der Waals surface area contributed by atoms with Crippen LogP contribution in [0.5, 0.6) is 0 Å². The van der Waals surface area contributed by atoms with Gasteiger partial charge >= 0.3 is 5.97 Å². The van der Waals surface area contributed by atoms with Crippen LogP contribution in [0.25, 0.3) is 0 Å². The Morgan fingerprint density at radius 2 is 1.71 bits per heavy atom. The number of anilines is 1. The van der Waals surface area contributed by atoms with E-state index in [4.69, 9.17) is 5.73 Å². The lowest BCUT2D eigenvalue weighted by Gasteiger charge is -2.28. The van der Waals surface area contributed by atoms with Crippen molar-refractivity contribution in [3.05, 3.63) is 29.8 Å². The summed E-state index contributed by atoms with van der Waals surface area (Å²) < 4.78 is 0. The van der Waals surface area contributed by atoms with E-state index in [9.17, 15) is 14.7 Å². The van der Waals surface area contributed by atoms with E-state index in [1.54, 1.807) is 39.8 Å². The molecule has 0 radical (unpaired) electrons. The van der Waals surface area contributed by atoms with E-state index in [2.05, 4.69) is 5.32 Å². The zero-order valence-electron chi connectivity index (χ0n) is 13.1. The van der Waals surface area contributed by atoms with Gasteiger partial charge in [0.05, 0.1) is 10.8 Å². The second-order valence-electron chi connectivity index (χ2n) is 6.15. The van der Waals surface area contributed by atoms with Gasteiger partial charge in [-0.2, -0.15) is 0 Å². The first-order valence-electron chi connectivity index (χ1n) is 7.01. The summed E-state index contributed by atoms with van der Waals surface area (Å²) in [6.07, 6.45) is 0.449. The average molecular weight is 292 g/mol. The monoisotopic (exact) mass is 292 g/mol. The molecule has 0 aliphatic rings. The predicted molar refractivity (Wildman–Crippen MR) is 82.9 cm³/mol. The molecule has 5 heteroatoms. The van der Waals surface area contributed by atoms with Gasteiger partial charge in [-0.05, 0) is 44.9 Å². The van der Waals surface area contributed by atoms with Crippen molar-refractivity contribution in [1.29, 1.82) is 0 Å². The van der Waals surface area contributed by atoms with Crippen LogP contribution in [0.3, 0.4) is 0 Å². The maximum absolute atomic E-state index is 12.4. The number of aliphatic carboxylic acids is 1. The van der Waals surface area contributed by atoms with Crippen LogP contribution in [0, 0.1) is 5.41 Å². The first-order valence-corrected chi connectivity index (χ1v) is 7.01. The molecular formula is C16H24N2O3. The van der Waals surface area contributed by atoms with Crippen molar-refractivity contribution in [2.45, 2.75) is 39.5 Å². The minimum absolute atomic E-state index is 0.107. The van der Waals surface area contributed by atoms with Crippen molar-refractivity contribution >= 4 is 17.6 Å². The van der Waals surface area contributed by atoms with Gasteiger partial charge in [-0.15, -0.1) is 0 Å². The maximum atomic E-state index is 12.4. The van der Waals surface area contributed by atoms with Crippen LogP contribution in [-0.2, 0) is 15.0 Å². The first kappa shape index (κ1) is 17.0. The summed E-state index contributed by atoms with van der Waals surface area (Å²) in [5.41, 5.74) is 5.42. The topological polar surface area (TPSA) is 92.4 Å². The molecule has 0 spiro atoms. The fourth-order valence-corrected chi connectivity index (χ4v) is 1.88. The van der Waals surface area contributed by atoms with Gasteiger partial charge in [0.1, 0.15) is 0 Å². The number of nitrogen functional groups attached to an aromatic ring is 1. The zero-order valence-corrected chi connectivity index (χ0v) is 13.1. The molecule has 0 bridgehead atoms. The molecule has 4 N–H and O–H groups in total. The van der Waals surface area contributed by atoms with Crippen molar-refractivity contribution in [3.63, 3.8) is 0 Å². The normalized spacial score (nSPS) is 14.3. The summed E-state index contributed by atoms with van der Waals surface area (Å²) in [5.74, 6) is -1.11. The van der Waals surface area contributed by atoms with Crippen LogP contribution in [-0.4, -0.2) is 23.5 Å². The lowest BCUT2D eigenvalue weighted by molar-refractivity contribution is -0.148. The third-order valence-corrected chi connectivity index (χ3v) is 4.14. The van der Waals surface area contributed by atoms with Gasteiger partial charge in [-0.1, -0.05) is 19.1 Å². The highest BCUT2D eigenvalue weighted by molar-refractivity contribution is 5.88. The van der Waals surface area contributed by atoms with Crippen LogP contribution >= 0.6 is 0 Å². The molecule has 1 unspecified atom stereocenters. The van der Waals surface area contributed by atoms with E-state index in [-0.39, 0.29) is 12.5 Å². The van der Waals surface area contributed by atoms with E-state index >= 15 is 0 Å². The van der Waals surface area contributed by atoms with Gasteiger partial charge in [0.25, 0.3) is 0 Å². The van der Waals surface area contributed by atoms with E-state index in [1.807, 2.05) is 12.1 Å². The Morgan fingerprint density at radius 3 is 2.14 bits per heavy atom. The molecule has 0 aliphatic heterocycles. The molecule has 0 heterocycles. The number of carboxylic acids is 1. The Labute approximate surface area is 125 Å². The number of benzene rings is 1. The highest BCUT2D eigenvalue weighted by Gasteiger charge is 2.35. The fraction of sp³-hybridized carbons (Fsp3) is 0.500. The molecular weight excluding hydrogens is 268 g/mol. The lowest BCUT2D eigenvalue weighted by atomic mass is 9.82. The van der Waals surface area contributed by atoms with Crippen molar-refractivity contribution < 1.29 is 14.7 Å². The molecule has 0 saturated carbocycles. The third kappa shape index (κ3) is 3.74. The smallest absolute Gasteiger partial charge is 0.311 e. The molecule has 0 aromatic heterocycles. The van der Waals surface area contributed by atoms with Gasteiger partial charge in [-0.25, -0.2) is 0 Å². The van der Waals surface area contributed by atoms with Crippen LogP contribution in [0.4, 0.5) is 5.69 Å². The Balaban J connectivity index is 2.83. The van der Waals surface area contributed by atoms with Gasteiger partial charge in [0.15, 0.2) is 0 Å². The zero-order chi connectivity index (χ0) is 16.3. The summed E-state index contributed by atoms with van der Waals surface area (Å²) in [5, 5.41) is 12.0. The predicted octanol–water partition coefficient (Wildman–Crippen LogP) is 2.16. The molecule has 1 aromatic carbocycles. The summed E-state index contributed by atoms with van der Waals surface area (Å²) in [6, 6.07) is 7.12. The number of nitrogens with two attached hydrogens (primary N) is 1. The largest absolute Gasteiger partial charge is 0.481 e. The van der Waals surface area contributed by atoms with E-state index in [0.717, 1.165) is 5.56 Å². The van der Waals surface area contributed by atoms with Crippen molar-refractivity contribution in [1.82, 2.24) is 5.32 Å². The lowest BCUT2D eigenvalue weighted by Crippen LogP contribution is -2.46. The number of carboxylic acid groups (broad SMARTS) is 1. The molecule has 0 saturated heterocycles. The Morgan fingerprint density at radius 1 is 1.19 bits per heavy atom. The Bertz CT molecular complexity index is 523. The van der Waals surface area contributed by atoms with Crippen LogP contribution in [0.1, 0.15) is 39.7 Å². The van der Waals surface area contributed by atoms with Gasteiger partial charge in [-0.3, -0.25) is 9.59 Å². The van der Waals surface area contributed by atoms with E-state index in [0.29, 0.717) is 12.1 Å². The van der Waals surface area contributed by atoms with E-state index in [1.165, 1.54) is 0 Å². The first-order chi connectivity index (χ1) is 9.63. The molecule has 1 atom stereocenters. The molecule has 0 fully saturated rings. The van der Waals surface area contributed by atoms with Crippen molar-refractivity contribution in [3.8, 4) is 0 Å². The number of hydrogen-bond donors (Lipinski definition) is 3.